The molecule has 1 aromatic heterocycles. The first-order valence-electron chi connectivity index (χ1n) is 8.81. The van der Waals surface area contributed by atoms with E-state index in [1.807, 2.05) is 36.4 Å². The highest BCUT2D eigenvalue weighted by atomic mass is 16.5. The topological polar surface area (TPSA) is 92.5 Å². The molecule has 140 valence electrons. The monoisotopic (exact) mass is 375 g/mol. The molecule has 28 heavy (non-hydrogen) atoms. The molecule has 0 fully saturated rings. The molecule has 1 atom stereocenters. The second kappa shape index (κ2) is 5.88. The molecular weight excluding hydrogens is 358 g/mol. The number of rotatable bonds is 3. The van der Waals surface area contributed by atoms with Crippen molar-refractivity contribution in [3.8, 4) is 11.5 Å². The van der Waals surface area contributed by atoms with Crippen LogP contribution in [0.3, 0.4) is 0 Å². The van der Waals surface area contributed by atoms with Crippen molar-refractivity contribution in [1.29, 1.82) is 0 Å². The predicted octanol–water partition coefficient (Wildman–Crippen LogP) is 2.25. The van der Waals surface area contributed by atoms with E-state index in [9.17, 15) is 9.59 Å². The van der Waals surface area contributed by atoms with Gasteiger partial charge in [0.15, 0.2) is 0 Å². The molecule has 0 aliphatic carbocycles. The van der Waals surface area contributed by atoms with Gasteiger partial charge in [-0.3, -0.25) is 14.9 Å². The zero-order valence-electron chi connectivity index (χ0n) is 15.3. The lowest BCUT2D eigenvalue weighted by Gasteiger charge is -2.23. The minimum Gasteiger partial charge on any atom is -0.497 e. The number of carbonyl (C=O) groups excluding carboxylic acids is 2. The zero-order chi connectivity index (χ0) is 19.4. The fourth-order valence-electron chi connectivity index (χ4n) is 4.01. The highest BCUT2D eigenvalue weighted by molar-refractivity contribution is 6.37. The number of nitrogens with one attached hydrogen (secondary N) is 3. The molecule has 2 aliphatic heterocycles. The van der Waals surface area contributed by atoms with Gasteiger partial charge in [-0.15, -0.1) is 0 Å². The Balaban J connectivity index is 1.83. The summed E-state index contributed by atoms with van der Waals surface area (Å²) in [6, 6.07) is 11.0. The molecular formula is C21H17N3O4. The van der Waals surface area contributed by atoms with Crippen LogP contribution < -0.4 is 20.1 Å². The van der Waals surface area contributed by atoms with Gasteiger partial charge in [-0.2, -0.15) is 0 Å². The highest BCUT2D eigenvalue weighted by Gasteiger charge is 2.39. The molecule has 3 N–H and O–H groups in total. The van der Waals surface area contributed by atoms with Crippen LogP contribution in [0.2, 0.25) is 0 Å². The molecule has 0 radical (unpaired) electrons. The van der Waals surface area contributed by atoms with Crippen molar-refractivity contribution >= 4 is 28.3 Å². The molecule has 0 bridgehead atoms. The van der Waals surface area contributed by atoms with Crippen molar-refractivity contribution in [2.24, 2.45) is 0 Å². The summed E-state index contributed by atoms with van der Waals surface area (Å²) in [7, 11) is 3.22. The van der Waals surface area contributed by atoms with Gasteiger partial charge in [-0.25, -0.2) is 0 Å². The lowest BCUT2D eigenvalue weighted by Crippen LogP contribution is -2.30. The Kier molecular flexibility index (Phi) is 3.45. The van der Waals surface area contributed by atoms with E-state index in [0.29, 0.717) is 16.9 Å². The average Bonchev–Trinajstić information content (AvgIpc) is 3.20. The average molecular weight is 375 g/mol. The number of hydrogen-bond donors (Lipinski definition) is 3. The Morgan fingerprint density at radius 3 is 2.43 bits per heavy atom. The fraction of sp³-hybridized carbons (Fsp3) is 0.143. The van der Waals surface area contributed by atoms with Crippen molar-refractivity contribution in [2.75, 3.05) is 14.2 Å². The number of methoxy groups -OCH3 is 2. The SMILES string of the molecule is COc1ccc(C2NC3=C(C(=O)NC3=O)c3c[nH]c4ccc(OC)c2c34)cc1. The first-order valence-corrected chi connectivity index (χ1v) is 8.81. The Morgan fingerprint density at radius 2 is 1.71 bits per heavy atom. The van der Waals surface area contributed by atoms with E-state index in [0.717, 1.165) is 27.8 Å². The number of carbonyl (C=O) groups is 2. The van der Waals surface area contributed by atoms with Crippen LogP contribution >= 0.6 is 0 Å². The number of aromatic amines is 1. The maximum atomic E-state index is 12.5. The van der Waals surface area contributed by atoms with Crippen molar-refractivity contribution in [3.63, 3.8) is 0 Å². The van der Waals surface area contributed by atoms with E-state index in [2.05, 4.69) is 15.6 Å². The summed E-state index contributed by atoms with van der Waals surface area (Å²) in [4.78, 5) is 28.2. The van der Waals surface area contributed by atoms with E-state index in [1.165, 1.54) is 0 Å². The van der Waals surface area contributed by atoms with E-state index in [4.69, 9.17) is 9.47 Å². The van der Waals surface area contributed by atoms with E-state index in [-0.39, 0.29) is 11.7 Å². The van der Waals surface area contributed by atoms with Crippen LogP contribution in [-0.2, 0) is 9.59 Å². The van der Waals surface area contributed by atoms with E-state index < -0.39 is 11.8 Å². The van der Waals surface area contributed by atoms with Crippen LogP contribution in [-0.4, -0.2) is 31.0 Å². The minimum absolute atomic E-state index is 0.268. The summed E-state index contributed by atoms with van der Waals surface area (Å²) in [6.07, 6.45) is 1.76. The van der Waals surface area contributed by atoms with Gasteiger partial charge < -0.3 is 19.8 Å². The van der Waals surface area contributed by atoms with Gasteiger partial charge in [-0.05, 0) is 29.8 Å². The first kappa shape index (κ1) is 16.4. The molecule has 3 aromatic rings. The van der Waals surface area contributed by atoms with Crippen LogP contribution in [0, 0.1) is 0 Å². The molecule has 7 heteroatoms. The molecule has 0 saturated heterocycles. The minimum atomic E-state index is -0.431. The third-order valence-corrected chi connectivity index (χ3v) is 5.29. The normalized spacial score (nSPS) is 17.9. The van der Waals surface area contributed by atoms with Crippen molar-refractivity contribution in [2.45, 2.75) is 6.04 Å². The largest absolute Gasteiger partial charge is 0.497 e. The van der Waals surface area contributed by atoms with Crippen molar-refractivity contribution < 1.29 is 19.1 Å². The molecule has 0 spiro atoms. The molecule has 0 saturated carbocycles. The van der Waals surface area contributed by atoms with E-state index in [1.54, 1.807) is 20.4 Å². The molecule has 2 aliphatic rings. The molecule has 1 unspecified atom stereocenters. The maximum absolute atomic E-state index is 12.5. The van der Waals surface area contributed by atoms with Crippen molar-refractivity contribution in [1.82, 2.24) is 15.6 Å². The summed E-state index contributed by atoms with van der Waals surface area (Å²) in [5.41, 5.74) is 3.96. The van der Waals surface area contributed by atoms with Gasteiger partial charge in [0.1, 0.15) is 17.2 Å². The van der Waals surface area contributed by atoms with Gasteiger partial charge in [0.05, 0.1) is 25.8 Å². The fourth-order valence-corrected chi connectivity index (χ4v) is 4.01. The molecule has 2 amide bonds. The number of fused-ring (bicyclic) bond motifs is 1. The summed E-state index contributed by atoms with van der Waals surface area (Å²) >= 11 is 0. The number of benzene rings is 2. The van der Waals surface area contributed by atoms with Gasteiger partial charge in [-0.1, -0.05) is 12.1 Å². The van der Waals surface area contributed by atoms with Gasteiger partial charge in [0, 0.05) is 28.2 Å². The second-order valence-electron chi connectivity index (χ2n) is 6.69. The second-order valence-corrected chi connectivity index (χ2v) is 6.69. The Labute approximate surface area is 160 Å². The third-order valence-electron chi connectivity index (χ3n) is 5.29. The van der Waals surface area contributed by atoms with Crippen LogP contribution in [0.15, 0.2) is 48.3 Å². The Bertz CT molecular complexity index is 1170. The third kappa shape index (κ3) is 2.16. The number of hydrogen-bond acceptors (Lipinski definition) is 5. The van der Waals surface area contributed by atoms with Gasteiger partial charge in [0.2, 0.25) is 0 Å². The Hall–Kier alpha value is -3.74. The quantitative estimate of drug-likeness (QED) is 0.611. The number of ether oxygens (including phenoxy) is 2. The summed E-state index contributed by atoms with van der Waals surface area (Å²) in [5.74, 6) is 0.575. The number of amides is 2. The number of H-pyrrole nitrogens is 1. The van der Waals surface area contributed by atoms with Gasteiger partial charge >= 0.3 is 0 Å². The zero-order valence-corrected chi connectivity index (χ0v) is 15.3. The first-order chi connectivity index (χ1) is 13.6. The molecule has 7 nitrogen and oxygen atoms in total. The van der Waals surface area contributed by atoms with Crippen LogP contribution in [0.25, 0.3) is 16.5 Å². The van der Waals surface area contributed by atoms with Gasteiger partial charge in [0.25, 0.3) is 11.8 Å². The maximum Gasteiger partial charge on any atom is 0.275 e. The summed E-state index contributed by atoms with van der Waals surface area (Å²) in [5, 5.41) is 6.54. The molecule has 2 aromatic carbocycles. The lowest BCUT2D eigenvalue weighted by atomic mass is 9.93. The predicted molar refractivity (Wildman–Crippen MR) is 103 cm³/mol. The number of imide groups is 1. The van der Waals surface area contributed by atoms with Crippen LogP contribution in [0.4, 0.5) is 0 Å². The molecule has 3 heterocycles. The van der Waals surface area contributed by atoms with Crippen LogP contribution in [0.1, 0.15) is 22.7 Å². The van der Waals surface area contributed by atoms with E-state index >= 15 is 0 Å². The van der Waals surface area contributed by atoms with Crippen LogP contribution in [0.5, 0.6) is 11.5 Å². The van der Waals surface area contributed by atoms with Crippen molar-refractivity contribution in [3.05, 3.63) is 65.0 Å². The number of aromatic nitrogens is 1. The summed E-state index contributed by atoms with van der Waals surface area (Å²) < 4.78 is 10.9. The summed E-state index contributed by atoms with van der Waals surface area (Å²) in [6.45, 7) is 0. The standard InChI is InChI=1S/C21H17N3O4/c1-27-11-5-3-10(4-6-11)18-17-14(28-2)8-7-13-15(17)12(9-22-13)16-19(23-18)21(26)24-20(16)25/h3-9,18,22-23H,1-2H3,(H,24,25,26). The molecule has 5 rings (SSSR count). The lowest BCUT2D eigenvalue weighted by molar-refractivity contribution is -0.123. The Morgan fingerprint density at radius 1 is 0.929 bits per heavy atom. The highest BCUT2D eigenvalue weighted by Crippen LogP contribution is 2.44. The smallest absolute Gasteiger partial charge is 0.275 e.